The molecule has 21 atom stereocenters. The van der Waals surface area contributed by atoms with Crippen LogP contribution in [0.3, 0.4) is 0 Å². The maximum atomic E-state index is 12.2. The predicted molar refractivity (Wildman–Crippen MR) is 324 cm³/mol. The third-order valence-electron chi connectivity index (χ3n) is 13.8. The average molecular weight is 1710 g/mol. The normalized spacial score (nSPS) is 28.9. The van der Waals surface area contributed by atoms with E-state index in [1.165, 1.54) is 28.1 Å². The summed E-state index contributed by atoms with van der Waals surface area (Å²) in [5.74, 6) is 0.0700. The molecule has 4 aliphatic rings. The molecule has 11 heterocycles. The molecule has 0 aliphatic carbocycles. The molecule has 0 saturated carbocycles. The minimum atomic E-state index is -5.73. The van der Waals surface area contributed by atoms with Gasteiger partial charge >= 0.3 is 97.8 Å². The van der Waals surface area contributed by atoms with Crippen LogP contribution in [0.1, 0.15) is 24.9 Å². The van der Waals surface area contributed by atoms with Crippen LogP contribution in [0.2, 0.25) is 0 Å². The minimum Gasteiger partial charge on any atom is -0.848 e. The number of aromatic amines is 3. The first-order valence-corrected chi connectivity index (χ1v) is 40.0. The van der Waals surface area contributed by atoms with Gasteiger partial charge in [0.15, 0.2) is 58.7 Å². The van der Waals surface area contributed by atoms with E-state index in [-0.39, 0.29) is 68.9 Å². The van der Waals surface area contributed by atoms with Crippen molar-refractivity contribution in [3.05, 3.63) is 91.8 Å². The van der Waals surface area contributed by atoms with Gasteiger partial charge in [-0.25, -0.2) is 76.2 Å². The number of phosphoric acid groups is 8. The maximum absolute atomic E-state index is 12.2. The molecule has 0 bridgehead atoms. The van der Waals surface area contributed by atoms with E-state index in [1.807, 2.05) is 4.98 Å². The van der Waals surface area contributed by atoms with Crippen LogP contribution >= 0.6 is 62.6 Å². The molecule has 5 unspecified atom stereocenters. The van der Waals surface area contributed by atoms with Crippen molar-refractivity contribution in [2.24, 2.45) is 0 Å². The van der Waals surface area contributed by atoms with Gasteiger partial charge in [-0.3, -0.25) is 51.2 Å². The molecular weight excluding hydrogens is 1650 g/mol. The summed E-state index contributed by atoms with van der Waals surface area (Å²) in [6.07, 6.45) is -15.3. The van der Waals surface area contributed by atoms with Crippen LogP contribution in [0.15, 0.2) is 69.4 Å². The number of nitrogens with one attached hydrogen (secondary N) is 3. The van der Waals surface area contributed by atoms with Crippen molar-refractivity contribution in [3.63, 3.8) is 0 Å². The van der Waals surface area contributed by atoms with Gasteiger partial charge in [-0.15, -0.1) is 0 Å². The van der Waals surface area contributed by atoms with E-state index in [4.69, 9.17) is 68.9 Å². The number of fused-ring (bicyclic) bond motifs is 3. The number of nitrogen functional groups attached to an aromatic ring is 1. The number of aliphatic hydroxyl groups excluding tert-OH is 8. The van der Waals surface area contributed by atoms with Crippen LogP contribution in [-0.4, -0.2) is 262 Å². The zero-order valence-corrected chi connectivity index (χ0v) is 61.6. The zero-order chi connectivity index (χ0) is 78.9. The molecule has 0 amide bonds. The molecule has 0 radical (unpaired) electrons. The first kappa shape index (κ1) is 89.5. The van der Waals surface area contributed by atoms with Gasteiger partial charge < -0.3 is 134 Å². The summed E-state index contributed by atoms with van der Waals surface area (Å²) < 4.78 is 146. The van der Waals surface area contributed by atoms with Crippen molar-refractivity contribution in [2.45, 2.75) is 98.2 Å². The number of H-pyrrole nitrogens is 3. The summed E-state index contributed by atoms with van der Waals surface area (Å²) >= 11 is 0. The number of nitrogens with two attached hydrogens (primary N) is 1. The molecule has 7 aromatic rings. The van der Waals surface area contributed by atoms with Crippen molar-refractivity contribution >= 4 is 102 Å². The molecule has 59 nitrogen and oxygen atoms in total. The van der Waals surface area contributed by atoms with Gasteiger partial charge in [-0.1, -0.05) is 6.10 Å². The largest absolute Gasteiger partial charge is 1.00 e. The maximum Gasteiger partial charge on any atom is 1.00 e. The summed E-state index contributed by atoms with van der Waals surface area (Å²) in [5.41, 5.74) is 3.56. The van der Waals surface area contributed by atoms with Gasteiger partial charge in [0.25, 0.3) is 16.7 Å². The molecule has 4 saturated heterocycles. The van der Waals surface area contributed by atoms with E-state index in [2.05, 4.69) is 80.0 Å². The van der Waals surface area contributed by atoms with Crippen LogP contribution in [0.5, 0.6) is 0 Å². The summed E-state index contributed by atoms with van der Waals surface area (Å²) in [6.45, 7) is -3.33. The van der Waals surface area contributed by atoms with Crippen molar-refractivity contribution in [1.82, 2.24) is 68.1 Å². The number of phosphoric ester groups is 3. The Morgan fingerprint density at radius 1 is 0.449 bits per heavy atom. The smallest absolute Gasteiger partial charge is 0.848 e. The Kier molecular flexibility index (Phi) is 29.4. The van der Waals surface area contributed by atoms with Crippen LogP contribution in [0.4, 0.5) is 5.82 Å². The Balaban J connectivity index is 0.000000201. The second-order valence-electron chi connectivity index (χ2n) is 21.2. The Morgan fingerprint density at radius 3 is 1.20 bits per heavy atom. The van der Waals surface area contributed by atoms with Gasteiger partial charge in [-0.05, 0) is 0 Å². The van der Waals surface area contributed by atoms with Gasteiger partial charge in [0.1, 0.15) is 66.8 Å². The Labute approximate surface area is 609 Å². The van der Waals surface area contributed by atoms with Crippen LogP contribution in [0, 0.1) is 0 Å². The molecule has 0 spiro atoms. The predicted octanol–water partition coefficient (Wildman–Crippen LogP) is -12.1. The van der Waals surface area contributed by atoms with E-state index in [0.29, 0.717) is 4.57 Å². The summed E-state index contributed by atoms with van der Waals surface area (Å²) in [4.78, 5) is 177. The second-order valence-corrected chi connectivity index (χ2v) is 32.8. The third-order valence-corrected chi connectivity index (χ3v) is 23.6. The first-order valence-electron chi connectivity index (χ1n) is 27.9. The van der Waals surface area contributed by atoms with Crippen LogP contribution < -0.4 is 62.8 Å². The van der Waals surface area contributed by atoms with E-state index >= 15 is 0 Å². The van der Waals surface area contributed by atoms with Crippen LogP contribution in [0.25, 0.3) is 33.5 Å². The SMILES string of the molecule is Nc1ncnc2c1ncn2[C@@H]1O[C@H](COP(=O)(O)OP(=O)(O)O)[C@@H]([O-])[C@H]1O.O=c1[nH]cnc2c1ncn2[C@@H]1O[C@H](CO)[C@@H](O)[C@H]1O.O=c1[nH]cnc2c1ncn2[C@@H]1O[C@H](COP(=O)(O)OP(=O)(O)OP(=O)(O)O)[C@@H](O)[C@H]1O.O=c1ccn([C@@H]2O[C@H](COP(=O)(O)OP(=O)(O)OP(=O)(O)O)[C@@H](O)[C@H]2O)c(=O)[nH]1.[Na+]. The molecule has 592 valence electrons. The number of aromatic nitrogens is 14. The van der Waals surface area contributed by atoms with E-state index < -0.39 is 210 Å². The Bertz CT molecular complexity index is 4950. The van der Waals surface area contributed by atoms with Gasteiger partial charge in [-0.2, -0.15) is 21.6 Å². The monoisotopic (exact) mass is 1710 g/mol. The van der Waals surface area contributed by atoms with E-state index in [0.717, 1.165) is 35.8 Å². The van der Waals surface area contributed by atoms with Gasteiger partial charge in [0.05, 0.1) is 70.3 Å². The summed E-state index contributed by atoms with van der Waals surface area (Å²) in [5, 5.41) is 91.2. The van der Waals surface area contributed by atoms with Crippen molar-refractivity contribution in [2.75, 3.05) is 32.2 Å². The number of imidazole rings is 3. The minimum absolute atomic E-state index is 0. The number of anilines is 1. The summed E-state index contributed by atoms with van der Waals surface area (Å²) in [7, 11) is -44.0. The first-order chi connectivity index (χ1) is 48.9. The standard InChI is InChI=1S/C10H14N5O10P2.C10H15N4O14P3.C10H12N4O5.C9H15N2O15P3.Na/c11-8-5-9(13-2-12-8)15(3-14-5)10-7(17)6(16)4(24-10)1-23-27(21,22)25-26(18,19)20;15-6-4(1-25-30(21,22)28-31(23,24)27-29(18,19)20)26-10(7(6)16)14-3-13-5-8(14)11-2-12-9(5)17;15-1-4-6(16)7(17)10(19-4)14-3-13-5-8(14)11-2-12-9(5)18;12-5-1-2-11(9(15)10-5)8-7(14)6(13)4(24-8)3-23-28(19,20)26-29(21,22)25-27(16,17)18;/h2-4,6-7,10,17H,1H2,(H,21,22)(H2,11,12,13)(H2,18,19,20);2-4,6-7,10,15-16H,1H2,(H,21,22)(H,23,24)(H,11,12,17)(H2,18,19,20);2-4,6-7,10,15-17H,1H2,(H,11,12,18);1-2,4,6-8,13-14H,3H2,(H,19,20)(H,21,22)(H,10,12,15)(H2,16,17,18);/q-1;;;;+1/t3*4-,6-,7-,10-;4-,6-,7-,8-;/m1111./s1. The van der Waals surface area contributed by atoms with Crippen LogP contribution in [-0.2, 0) is 90.6 Å². The number of aliphatic hydroxyl groups is 8. The molecule has 0 aromatic carbocycles. The molecule has 11 rings (SSSR count). The van der Waals surface area contributed by atoms with Gasteiger partial charge in [0.2, 0.25) is 0 Å². The molecule has 68 heteroatoms. The fourth-order valence-electron chi connectivity index (χ4n) is 9.44. The molecule has 107 heavy (non-hydrogen) atoms. The topological polar surface area (TPSA) is 906 Å². The quantitative estimate of drug-likeness (QED) is 0.0197. The molecule has 4 aliphatic heterocycles. The third kappa shape index (κ3) is 23.2. The second kappa shape index (κ2) is 35.1. The van der Waals surface area contributed by atoms with Crippen molar-refractivity contribution < 1.29 is 220 Å². The van der Waals surface area contributed by atoms with E-state index in [9.17, 15) is 111 Å². The number of ether oxygens (including phenoxy) is 4. The fourth-order valence-corrected chi connectivity index (χ4v) is 17.1. The fraction of sp³-hybridized carbons (Fsp3) is 0.513. The molecular formula is C39H56N15NaO44P8. The average Bonchev–Trinajstić information content (AvgIpc) is 1.66. The zero-order valence-electron chi connectivity index (χ0n) is 52.5. The summed E-state index contributed by atoms with van der Waals surface area (Å²) in [6, 6.07) is 0.920. The molecule has 4 fully saturated rings. The van der Waals surface area contributed by atoms with Crippen molar-refractivity contribution in [1.29, 1.82) is 0 Å². The number of nitrogens with zero attached hydrogens (tertiary/aromatic N) is 11. The number of hydrogen-bond donors (Lipinski definition) is 23. The Morgan fingerprint density at radius 2 is 0.794 bits per heavy atom. The van der Waals surface area contributed by atoms with E-state index in [1.54, 1.807) is 0 Å². The number of rotatable bonds is 24. The molecule has 7 aromatic heterocycles. The van der Waals surface area contributed by atoms with Crippen molar-refractivity contribution in [3.8, 4) is 0 Å². The molecule has 24 N–H and O–H groups in total. The number of hydrogen-bond acceptors (Lipinski definition) is 41. The Hall–Kier alpha value is -4.71. The van der Waals surface area contributed by atoms with Gasteiger partial charge in [0, 0.05) is 12.3 Å².